The molecular weight excluding hydrogens is 294 g/mol. The quantitative estimate of drug-likeness (QED) is 0.185. The first-order valence-corrected chi connectivity index (χ1v) is 11.2. The van der Waals surface area contributed by atoms with Crippen LogP contribution >= 0.6 is 0 Å². The number of rotatable bonds is 20. The molecule has 0 aromatic heterocycles. The molecule has 146 valence electrons. The fraction of sp³-hybridized carbons (Fsp3) is 1.00. The fourth-order valence-electron chi connectivity index (χ4n) is 3.40. The molecule has 1 unspecified atom stereocenters. The van der Waals surface area contributed by atoms with Crippen molar-refractivity contribution in [3.63, 3.8) is 0 Å². The highest BCUT2D eigenvalue weighted by atomic mass is 16.3. The van der Waals surface area contributed by atoms with Crippen molar-refractivity contribution < 1.29 is 5.11 Å². The third-order valence-electron chi connectivity index (χ3n) is 5.02. The summed E-state index contributed by atoms with van der Waals surface area (Å²) in [7, 11) is 0. The van der Waals surface area contributed by atoms with Crippen LogP contribution in [0.15, 0.2) is 0 Å². The molecule has 2 heteroatoms. The van der Waals surface area contributed by atoms with E-state index in [1.54, 1.807) is 0 Å². The Morgan fingerprint density at radius 2 is 0.875 bits per heavy atom. The summed E-state index contributed by atoms with van der Waals surface area (Å²) in [6.45, 7) is 5.19. The largest absolute Gasteiger partial charge is 0.379 e. The van der Waals surface area contributed by atoms with Gasteiger partial charge >= 0.3 is 0 Å². The van der Waals surface area contributed by atoms with Gasteiger partial charge in [0, 0.05) is 0 Å². The van der Waals surface area contributed by atoms with E-state index in [2.05, 4.69) is 12.2 Å². The summed E-state index contributed by atoms with van der Waals surface area (Å²) in [6, 6.07) is 0. The lowest BCUT2D eigenvalue weighted by Gasteiger charge is -2.10. The van der Waals surface area contributed by atoms with Gasteiger partial charge in [0.05, 0.1) is 0 Å². The van der Waals surface area contributed by atoms with Gasteiger partial charge < -0.3 is 5.11 Å². The van der Waals surface area contributed by atoms with Crippen LogP contribution in [0, 0.1) is 0 Å². The topological polar surface area (TPSA) is 32.3 Å². The number of hydrogen-bond donors (Lipinski definition) is 2. The molecule has 0 saturated heterocycles. The number of unbranched alkanes of at least 4 members (excludes halogenated alkanes) is 16. The lowest BCUT2D eigenvalue weighted by Crippen LogP contribution is -2.27. The summed E-state index contributed by atoms with van der Waals surface area (Å²) >= 11 is 0. The molecule has 2 N–H and O–H groups in total. The van der Waals surface area contributed by atoms with Gasteiger partial charge in [0.2, 0.25) is 0 Å². The lowest BCUT2D eigenvalue weighted by molar-refractivity contribution is 0.126. The molecule has 0 spiro atoms. The molecule has 0 amide bonds. The Kier molecular flexibility index (Phi) is 20.9. The summed E-state index contributed by atoms with van der Waals surface area (Å²) in [5.41, 5.74) is 0. The molecular formula is C22H47NO. The van der Waals surface area contributed by atoms with Crippen molar-refractivity contribution in [1.29, 1.82) is 0 Å². The SMILES string of the molecule is CCCCCCCCCCCCCCCCCCCC(O)NCC. The summed E-state index contributed by atoms with van der Waals surface area (Å²) in [6.07, 6.45) is 24.5. The van der Waals surface area contributed by atoms with Gasteiger partial charge in [-0.25, -0.2) is 0 Å². The monoisotopic (exact) mass is 341 g/mol. The van der Waals surface area contributed by atoms with Gasteiger partial charge in [-0.05, 0) is 19.4 Å². The number of aliphatic hydroxyl groups is 1. The Labute approximate surface area is 153 Å². The molecule has 0 aliphatic carbocycles. The fourth-order valence-corrected chi connectivity index (χ4v) is 3.40. The van der Waals surface area contributed by atoms with Crippen molar-refractivity contribution in [2.75, 3.05) is 6.54 Å². The van der Waals surface area contributed by atoms with Crippen LogP contribution in [0.25, 0.3) is 0 Å². The van der Waals surface area contributed by atoms with Gasteiger partial charge in [0.1, 0.15) is 6.23 Å². The average Bonchev–Trinajstić information content (AvgIpc) is 2.58. The first kappa shape index (κ1) is 23.9. The van der Waals surface area contributed by atoms with Crippen molar-refractivity contribution >= 4 is 0 Å². The predicted octanol–water partition coefficient (Wildman–Crippen LogP) is 6.96. The van der Waals surface area contributed by atoms with Crippen LogP contribution in [0.4, 0.5) is 0 Å². The molecule has 0 rings (SSSR count). The van der Waals surface area contributed by atoms with Gasteiger partial charge in [-0.2, -0.15) is 0 Å². The van der Waals surface area contributed by atoms with E-state index in [-0.39, 0.29) is 6.23 Å². The van der Waals surface area contributed by atoms with E-state index in [1.165, 1.54) is 103 Å². The maximum absolute atomic E-state index is 9.56. The van der Waals surface area contributed by atoms with Crippen LogP contribution in [0.1, 0.15) is 129 Å². The number of nitrogens with one attached hydrogen (secondary N) is 1. The Morgan fingerprint density at radius 3 is 1.21 bits per heavy atom. The van der Waals surface area contributed by atoms with Crippen molar-refractivity contribution in [2.45, 2.75) is 136 Å². The predicted molar refractivity (Wildman–Crippen MR) is 108 cm³/mol. The van der Waals surface area contributed by atoms with E-state index < -0.39 is 0 Å². The van der Waals surface area contributed by atoms with Crippen molar-refractivity contribution in [3.05, 3.63) is 0 Å². The zero-order chi connectivity index (χ0) is 17.7. The van der Waals surface area contributed by atoms with E-state index in [9.17, 15) is 5.11 Å². The molecule has 0 aliphatic rings. The molecule has 0 aromatic carbocycles. The van der Waals surface area contributed by atoms with Crippen LogP contribution in [0.3, 0.4) is 0 Å². The minimum atomic E-state index is -0.286. The lowest BCUT2D eigenvalue weighted by atomic mass is 10.0. The summed E-state index contributed by atoms with van der Waals surface area (Å²) in [5, 5.41) is 12.6. The third kappa shape index (κ3) is 20.0. The molecule has 0 saturated carbocycles. The number of hydrogen-bond acceptors (Lipinski definition) is 2. The molecule has 2 nitrogen and oxygen atoms in total. The average molecular weight is 342 g/mol. The van der Waals surface area contributed by atoms with E-state index in [4.69, 9.17) is 0 Å². The normalized spacial score (nSPS) is 12.6. The summed E-state index contributed by atoms with van der Waals surface area (Å²) in [5.74, 6) is 0. The minimum Gasteiger partial charge on any atom is -0.379 e. The van der Waals surface area contributed by atoms with E-state index >= 15 is 0 Å². The second kappa shape index (κ2) is 21.0. The highest BCUT2D eigenvalue weighted by molar-refractivity contribution is 4.53. The molecule has 0 heterocycles. The number of aliphatic hydroxyl groups excluding tert-OH is 1. The third-order valence-corrected chi connectivity index (χ3v) is 5.02. The molecule has 0 bridgehead atoms. The first-order valence-electron chi connectivity index (χ1n) is 11.2. The van der Waals surface area contributed by atoms with Gasteiger partial charge in [-0.15, -0.1) is 0 Å². The molecule has 1 atom stereocenters. The highest BCUT2D eigenvalue weighted by Gasteiger charge is 2.00. The highest BCUT2D eigenvalue weighted by Crippen LogP contribution is 2.14. The summed E-state index contributed by atoms with van der Waals surface area (Å²) in [4.78, 5) is 0. The van der Waals surface area contributed by atoms with E-state index in [0.717, 1.165) is 19.4 Å². The van der Waals surface area contributed by atoms with E-state index in [0.29, 0.717) is 0 Å². The molecule has 0 aromatic rings. The van der Waals surface area contributed by atoms with Gasteiger partial charge in [-0.3, -0.25) is 5.32 Å². The van der Waals surface area contributed by atoms with Gasteiger partial charge in [0.25, 0.3) is 0 Å². The van der Waals surface area contributed by atoms with Crippen LogP contribution in [0.5, 0.6) is 0 Å². The second-order valence-corrected chi connectivity index (χ2v) is 7.52. The maximum Gasteiger partial charge on any atom is 0.104 e. The Bertz CT molecular complexity index is 220. The Balaban J connectivity index is 3.00. The van der Waals surface area contributed by atoms with Crippen LogP contribution in [0.2, 0.25) is 0 Å². The smallest absolute Gasteiger partial charge is 0.104 e. The van der Waals surface area contributed by atoms with Gasteiger partial charge in [0.15, 0.2) is 0 Å². The van der Waals surface area contributed by atoms with Crippen molar-refractivity contribution in [3.8, 4) is 0 Å². The first-order chi connectivity index (χ1) is 11.8. The van der Waals surface area contributed by atoms with Crippen molar-refractivity contribution in [2.24, 2.45) is 0 Å². The van der Waals surface area contributed by atoms with Crippen molar-refractivity contribution in [1.82, 2.24) is 5.32 Å². The minimum absolute atomic E-state index is 0.286. The van der Waals surface area contributed by atoms with Crippen LogP contribution < -0.4 is 5.32 Å². The van der Waals surface area contributed by atoms with Crippen LogP contribution in [-0.2, 0) is 0 Å². The summed E-state index contributed by atoms with van der Waals surface area (Å²) < 4.78 is 0. The molecule has 0 aliphatic heterocycles. The second-order valence-electron chi connectivity index (χ2n) is 7.52. The Morgan fingerprint density at radius 1 is 0.542 bits per heavy atom. The zero-order valence-corrected chi connectivity index (χ0v) is 17.0. The van der Waals surface area contributed by atoms with Crippen LogP contribution in [-0.4, -0.2) is 17.9 Å². The molecule has 0 radical (unpaired) electrons. The maximum atomic E-state index is 9.56. The Hall–Kier alpha value is -0.0800. The molecule has 24 heavy (non-hydrogen) atoms. The van der Waals surface area contributed by atoms with E-state index in [1.807, 2.05) is 6.92 Å². The standard InChI is InChI=1S/C22H47NO/c1-3-5-6-7-8-9-10-11-12-13-14-15-16-17-18-19-20-21-22(24)23-4-2/h22-24H,3-21H2,1-2H3. The molecule has 0 fully saturated rings. The van der Waals surface area contributed by atoms with Gasteiger partial charge in [-0.1, -0.05) is 117 Å². The zero-order valence-electron chi connectivity index (χ0n) is 17.0.